The van der Waals surface area contributed by atoms with E-state index in [2.05, 4.69) is 29.6 Å². The second kappa shape index (κ2) is 11.4. The first kappa shape index (κ1) is 26.3. The summed E-state index contributed by atoms with van der Waals surface area (Å²) in [6.45, 7) is 7.99. The Kier molecular flexibility index (Phi) is 8.54. The highest BCUT2D eigenvalue weighted by molar-refractivity contribution is 5.82. The van der Waals surface area contributed by atoms with Gasteiger partial charge in [0.15, 0.2) is 0 Å². The summed E-state index contributed by atoms with van der Waals surface area (Å²) in [7, 11) is 0. The summed E-state index contributed by atoms with van der Waals surface area (Å²) in [5.41, 5.74) is 4.33. The molecule has 0 aromatic heterocycles. The number of ether oxygens (including phenoxy) is 1. The maximum Gasteiger partial charge on any atom is 0.407 e. The number of nitrogens with zero attached hydrogens (tertiary/aromatic N) is 1. The standard InChI is InChI=1S/C28H36N2O5/c1-5-10-19(15-25(31)30(16-26(32)33)18-28(2,3)4)29-27(34)35-17-24-22-13-8-6-11-20(22)21-12-7-9-14-23(21)24/h6-9,11-14,19,24H,5,10,15-18H2,1-4H3,(H,29,34)(H,32,33). The first-order valence-electron chi connectivity index (χ1n) is 12.2. The highest BCUT2D eigenvalue weighted by Gasteiger charge is 2.30. The molecule has 0 saturated carbocycles. The number of fused-ring (bicyclic) bond motifs is 3. The fourth-order valence-electron chi connectivity index (χ4n) is 4.69. The summed E-state index contributed by atoms with van der Waals surface area (Å²) in [5.74, 6) is -1.39. The Labute approximate surface area is 207 Å². The van der Waals surface area contributed by atoms with E-state index in [1.807, 2.05) is 52.0 Å². The topological polar surface area (TPSA) is 95.9 Å². The van der Waals surface area contributed by atoms with Crippen molar-refractivity contribution in [2.24, 2.45) is 5.41 Å². The molecule has 7 nitrogen and oxygen atoms in total. The summed E-state index contributed by atoms with van der Waals surface area (Å²) in [6.07, 6.45) is 0.812. The minimum Gasteiger partial charge on any atom is -0.480 e. The van der Waals surface area contributed by atoms with Gasteiger partial charge in [-0.3, -0.25) is 9.59 Å². The molecule has 0 radical (unpaired) electrons. The molecule has 0 heterocycles. The Hall–Kier alpha value is -3.35. The van der Waals surface area contributed by atoms with Gasteiger partial charge in [-0.1, -0.05) is 82.6 Å². The lowest BCUT2D eigenvalue weighted by molar-refractivity contribution is -0.145. The van der Waals surface area contributed by atoms with Crippen molar-refractivity contribution in [1.29, 1.82) is 0 Å². The Morgan fingerprint density at radius 1 is 1.03 bits per heavy atom. The second-order valence-corrected chi connectivity index (χ2v) is 10.4. The van der Waals surface area contributed by atoms with Crippen LogP contribution in [-0.4, -0.2) is 53.7 Å². The number of rotatable bonds is 10. The average Bonchev–Trinajstić information content (AvgIpc) is 3.10. The number of carbonyl (C=O) groups is 3. The lowest BCUT2D eigenvalue weighted by atomic mass is 9.95. The molecule has 0 aliphatic heterocycles. The smallest absolute Gasteiger partial charge is 0.407 e. The maximum absolute atomic E-state index is 12.9. The summed E-state index contributed by atoms with van der Waals surface area (Å²) in [4.78, 5) is 38.3. The molecule has 188 valence electrons. The summed E-state index contributed by atoms with van der Waals surface area (Å²) < 4.78 is 5.63. The quantitative estimate of drug-likeness (QED) is 0.496. The molecule has 1 aliphatic carbocycles. The molecule has 0 fully saturated rings. The van der Waals surface area contributed by atoms with Gasteiger partial charge >= 0.3 is 12.1 Å². The molecule has 1 aliphatic rings. The zero-order valence-corrected chi connectivity index (χ0v) is 21.0. The van der Waals surface area contributed by atoms with Crippen LogP contribution in [0.3, 0.4) is 0 Å². The first-order valence-corrected chi connectivity index (χ1v) is 12.2. The average molecular weight is 481 g/mol. The van der Waals surface area contributed by atoms with Crippen molar-refractivity contribution in [2.75, 3.05) is 19.7 Å². The number of amides is 2. The van der Waals surface area contributed by atoms with Crippen LogP contribution >= 0.6 is 0 Å². The molecular formula is C28H36N2O5. The Bertz CT molecular complexity index is 1010. The van der Waals surface area contributed by atoms with E-state index in [4.69, 9.17) is 4.74 Å². The van der Waals surface area contributed by atoms with E-state index in [0.717, 1.165) is 28.7 Å². The molecule has 1 atom stereocenters. The number of carbonyl (C=O) groups excluding carboxylic acids is 2. The van der Waals surface area contributed by atoms with Crippen molar-refractivity contribution in [3.05, 3.63) is 59.7 Å². The highest BCUT2D eigenvalue weighted by Crippen LogP contribution is 2.44. The first-order chi connectivity index (χ1) is 16.6. The van der Waals surface area contributed by atoms with Crippen LogP contribution in [-0.2, 0) is 14.3 Å². The van der Waals surface area contributed by atoms with Gasteiger partial charge in [-0.25, -0.2) is 4.79 Å². The fraction of sp³-hybridized carbons (Fsp3) is 0.464. The van der Waals surface area contributed by atoms with E-state index in [1.165, 1.54) is 4.90 Å². The zero-order valence-electron chi connectivity index (χ0n) is 21.0. The molecular weight excluding hydrogens is 444 g/mol. The summed E-state index contributed by atoms with van der Waals surface area (Å²) in [5, 5.41) is 12.1. The number of alkyl carbamates (subject to hydrolysis) is 1. The van der Waals surface area contributed by atoms with Crippen LogP contribution in [0.4, 0.5) is 4.79 Å². The van der Waals surface area contributed by atoms with E-state index >= 15 is 0 Å². The summed E-state index contributed by atoms with van der Waals surface area (Å²) >= 11 is 0. The predicted octanol–water partition coefficient (Wildman–Crippen LogP) is 5.04. The predicted molar refractivity (Wildman–Crippen MR) is 135 cm³/mol. The molecule has 1 unspecified atom stereocenters. The van der Waals surface area contributed by atoms with Crippen molar-refractivity contribution in [1.82, 2.24) is 10.2 Å². The number of aliphatic carboxylic acids is 1. The van der Waals surface area contributed by atoms with E-state index in [1.54, 1.807) is 0 Å². The largest absolute Gasteiger partial charge is 0.480 e. The SMILES string of the molecule is CCCC(CC(=O)N(CC(=O)O)CC(C)(C)C)NC(=O)OCC1c2ccccc2-c2ccccc21. The molecule has 2 amide bonds. The van der Waals surface area contributed by atoms with Crippen molar-refractivity contribution in [2.45, 2.75) is 58.9 Å². The third kappa shape index (κ3) is 7.07. The third-order valence-electron chi connectivity index (χ3n) is 6.07. The number of hydrogen-bond donors (Lipinski definition) is 2. The van der Waals surface area contributed by atoms with E-state index in [-0.39, 0.29) is 36.8 Å². The fourth-order valence-corrected chi connectivity index (χ4v) is 4.69. The van der Waals surface area contributed by atoms with E-state index < -0.39 is 18.1 Å². The van der Waals surface area contributed by atoms with Gasteiger partial charge in [0.1, 0.15) is 13.2 Å². The normalized spacial score (nSPS) is 13.5. The van der Waals surface area contributed by atoms with Gasteiger partial charge in [0, 0.05) is 24.9 Å². The lowest BCUT2D eigenvalue weighted by Crippen LogP contribution is -2.45. The van der Waals surface area contributed by atoms with Gasteiger partial charge < -0.3 is 20.1 Å². The third-order valence-corrected chi connectivity index (χ3v) is 6.07. The van der Waals surface area contributed by atoms with Crippen LogP contribution in [0.15, 0.2) is 48.5 Å². The number of nitrogens with one attached hydrogen (secondary N) is 1. The van der Waals surface area contributed by atoms with E-state index in [9.17, 15) is 19.5 Å². The number of carboxylic acids is 1. The van der Waals surface area contributed by atoms with Crippen LogP contribution in [0.2, 0.25) is 0 Å². The Morgan fingerprint density at radius 3 is 2.11 bits per heavy atom. The van der Waals surface area contributed by atoms with Crippen LogP contribution in [0, 0.1) is 5.41 Å². The highest BCUT2D eigenvalue weighted by atomic mass is 16.5. The number of benzene rings is 2. The number of hydrogen-bond acceptors (Lipinski definition) is 4. The van der Waals surface area contributed by atoms with Gasteiger partial charge in [0.05, 0.1) is 0 Å². The molecule has 0 saturated heterocycles. The summed E-state index contributed by atoms with van der Waals surface area (Å²) in [6, 6.07) is 15.8. The maximum atomic E-state index is 12.9. The van der Waals surface area contributed by atoms with Gasteiger partial charge in [0.25, 0.3) is 0 Å². The second-order valence-electron chi connectivity index (χ2n) is 10.4. The lowest BCUT2D eigenvalue weighted by Gasteiger charge is -2.30. The van der Waals surface area contributed by atoms with Crippen molar-refractivity contribution in [3.63, 3.8) is 0 Å². The minimum absolute atomic E-state index is 0.0292. The van der Waals surface area contributed by atoms with Gasteiger partial charge in [-0.2, -0.15) is 0 Å². The Balaban J connectivity index is 1.63. The molecule has 35 heavy (non-hydrogen) atoms. The molecule has 2 aromatic carbocycles. The Morgan fingerprint density at radius 2 is 1.60 bits per heavy atom. The molecule has 0 spiro atoms. The monoisotopic (exact) mass is 480 g/mol. The van der Waals surface area contributed by atoms with Crippen LogP contribution in [0.1, 0.15) is 64.0 Å². The molecule has 2 N–H and O–H groups in total. The van der Waals surface area contributed by atoms with Crippen molar-refractivity contribution >= 4 is 18.0 Å². The molecule has 7 heteroatoms. The van der Waals surface area contributed by atoms with Crippen molar-refractivity contribution in [3.8, 4) is 11.1 Å². The molecule has 3 rings (SSSR count). The van der Waals surface area contributed by atoms with Crippen LogP contribution in [0.25, 0.3) is 11.1 Å². The van der Waals surface area contributed by atoms with Gasteiger partial charge in [-0.15, -0.1) is 0 Å². The van der Waals surface area contributed by atoms with Crippen LogP contribution in [0.5, 0.6) is 0 Å². The van der Waals surface area contributed by atoms with E-state index in [0.29, 0.717) is 13.0 Å². The van der Waals surface area contributed by atoms with Crippen LogP contribution < -0.4 is 5.32 Å². The number of carboxylic acid groups (broad SMARTS) is 1. The zero-order chi connectivity index (χ0) is 25.6. The molecule has 2 aromatic rings. The van der Waals surface area contributed by atoms with Crippen molar-refractivity contribution < 1.29 is 24.2 Å². The minimum atomic E-state index is -1.06. The molecule has 0 bridgehead atoms. The van der Waals surface area contributed by atoms with Gasteiger partial charge in [0.2, 0.25) is 5.91 Å². The van der Waals surface area contributed by atoms with Gasteiger partial charge in [-0.05, 0) is 34.1 Å².